The Kier molecular flexibility index (Phi) is 8.16. The van der Waals surface area contributed by atoms with Gasteiger partial charge in [0.05, 0.1) is 7.11 Å². The van der Waals surface area contributed by atoms with Crippen molar-refractivity contribution >= 4 is 29.3 Å². The van der Waals surface area contributed by atoms with Crippen molar-refractivity contribution in [1.29, 1.82) is 0 Å². The molecule has 36 heavy (non-hydrogen) atoms. The molecular weight excluding hydrogens is 472 g/mol. The van der Waals surface area contributed by atoms with E-state index in [9.17, 15) is 4.79 Å². The van der Waals surface area contributed by atoms with E-state index in [1.54, 1.807) is 7.11 Å². The number of hydrogen-bond donors (Lipinski definition) is 2. The van der Waals surface area contributed by atoms with Crippen LogP contribution in [0, 0.1) is 0 Å². The summed E-state index contributed by atoms with van der Waals surface area (Å²) in [4.78, 5) is 20.9. The molecule has 5 rings (SSSR count). The molecule has 2 N–H and O–H groups in total. The standard InChI is InChI=1S/C29H38N4O2.ClH/c1-32(2)29(22-7-5-4-6-8-22)15-11-23(12-16-29)31-28(34)33-17-13-21(14-18-33)26-20-30-27-10-9-24(35-3)19-25(26)27;/h4-10,19-21,23,30H,11-18H2,1-3H3,(H,31,34);1H. The van der Waals surface area contributed by atoms with Gasteiger partial charge in [0.2, 0.25) is 0 Å². The monoisotopic (exact) mass is 510 g/mol. The molecule has 0 spiro atoms. The molecule has 7 heteroatoms. The van der Waals surface area contributed by atoms with Crippen LogP contribution in [0.5, 0.6) is 5.75 Å². The van der Waals surface area contributed by atoms with Crippen LogP contribution in [0.3, 0.4) is 0 Å². The molecule has 3 aromatic rings. The Labute approximate surface area is 220 Å². The molecule has 1 aliphatic heterocycles. The third-order valence-corrected chi connectivity index (χ3v) is 8.45. The van der Waals surface area contributed by atoms with Crippen LogP contribution in [0.15, 0.2) is 54.7 Å². The zero-order chi connectivity index (χ0) is 24.4. The third kappa shape index (κ3) is 5.07. The van der Waals surface area contributed by atoms with Crippen molar-refractivity contribution in [3.63, 3.8) is 0 Å². The van der Waals surface area contributed by atoms with Crippen molar-refractivity contribution in [2.24, 2.45) is 0 Å². The minimum Gasteiger partial charge on any atom is -0.497 e. The first-order valence-corrected chi connectivity index (χ1v) is 12.9. The van der Waals surface area contributed by atoms with Crippen LogP contribution in [0.4, 0.5) is 4.79 Å². The number of methoxy groups -OCH3 is 1. The highest BCUT2D eigenvalue weighted by Crippen LogP contribution is 2.41. The van der Waals surface area contributed by atoms with E-state index in [0.29, 0.717) is 5.92 Å². The molecule has 0 radical (unpaired) electrons. The summed E-state index contributed by atoms with van der Waals surface area (Å²) in [5.74, 6) is 1.34. The number of nitrogens with one attached hydrogen (secondary N) is 2. The summed E-state index contributed by atoms with van der Waals surface area (Å²) in [5, 5.41) is 4.59. The summed E-state index contributed by atoms with van der Waals surface area (Å²) >= 11 is 0. The fraction of sp³-hybridized carbons (Fsp3) is 0.483. The van der Waals surface area contributed by atoms with Crippen LogP contribution in [-0.2, 0) is 5.54 Å². The van der Waals surface area contributed by atoms with Gasteiger partial charge in [0.1, 0.15) is 5.75 Å². The lowest BCUT2D eigenvalue weighted by molar-refractivity contribution is 0.0849. The van der Waals surface area contributed by atoms with E-state index in [1.165, 1.54) is 16.5 Å². The maximum absolute atomic E-state index is 13.1. The number of amides is 2. The van der Waals surface area contributed by atoms with Gasteiger partial charge in [-0.05, 0) is 87.9 Å². The number of aromatic nitrogens is 1. The second-order valence-electron chi connectivity index (χ2n) is 10.4. The smallest absolute Gasteiger partial charge is 0.317 e. The minimum absolute atomic E-state index is 0. The van der Waals surface area contributed by atoms with E-state index in [0.717, 1.165) is 62.9 Å². The van der Waals surface area contributed by atoms with Crippen LogP contribution >= 0.6 is 12.4 Å². The average Bonchev–Trinajstić information content (AvgIpc) is 3.33. The number of ether oxygens (including phenoxy) is 1. The number of carbonyl (C=O) groups excluding carboxylic acids is 1. The summed E-state index contributed by atoms with van der Waals surface area (Å²) in [7, 11) is 6.07. The first-order valence-electron chi connectivity index (χ1n) is 12.9. The van der Waals surface area contributed by atoms with Crippen molar-refractivity contribution in [2.45, 2.75) is 56.0 Å². The normalized spacial score (nSPS) is 22.9. The summed E-state index contributed by atoms with van der Waals surface area (Å²) in [6.07, 6.45) is 8.23. The quantitative estimate of drug-likeness (QED) is 0.450. The van der Waals surface area contributed by atoms with E-state index in [4.69, 9.17) is 4.74 Å². The largest absolute Gasteiger partial charge is 0.497 e. The number of likely N-dealkylation sites (tertiary alicyclic amines) is 1. The Bertz CT molecular complexity index is 1150. The van der Waals surface area contributed by atoms with Crippen molar-refractivity contribution in [1.82, 2.24) is 20.1 Å². The van der Waals surface area contributed by atoms with Crippen molar-refractivity contribution < 1.29 is 9.53 Å². The molecule has 0 bridgehead atoms. The number of rotatable bonds is 5. The van der Waals surface area contributed by atoms with E-state index >= 15 is 0 Å². The van der Waals surface area contributed by atoms with Gasteiger partial charge >= 0.3 is 6.03 Å². The number of carbonyl (C=O) groups is 1. The molecule has 0 atom stereocenters. The van der Waals surface area contributed by atoms with Crippen LogP contribution in [0.25, 0.3) is 10.9 Å². The van der Waals surface area contributed by atoms with E-state index < -0.39 is 0 Å². The first-order chi connectivity index (χ1) is 17.0. The van der Waals surface area contributed by atoms with Crippen molar-refractivity contribution in [3.05, 3.63) is 65.9 Å². The molecule has 194 valence electrons. The second-order valence-corrected chi connectivity index (χ2v) is 10.4. The van der Waals surface area contributed by atoms with Crippen LogP contribution in [0.2, 0.25) is 0 Å². The molecule has 1 saturated carbocycles. The van der Waals surface area contributed by atoms with Crippen LogP contribution < -0.4 is 10.1 Å². The van der Waals surface area contributed by atoms with Crippen LogP contribution in [0.1, 0.15) is 55.6 Å². The number of nitrogens with zero attached hydrogens (tertiary/aromatic N) is 2. The summed E-state index contributed by atoms with van der Waals surface area (Å²) < 4.78 is 5.43. The first kappa shape index (κ1) is 26.4. The highest BCUT2D eigenvalue weighted by Gasteiger charge is 2.39. The summed E-state index contributed by atoms with van der Waals surface area (Å²) in [6.45, 7) is 1.59. The van der Waals surface area contributed by atoms with E-state index in [1.807, 2.05) is 11.0 Å². The molecule has 1 saturated heterocycles. The SMILES string of the molecule is COc1ccc2[nH]cc(C3CCN(C(=O)NC4CCC(c5ccccc5)(N(C)C)CC4)CC3)c2c1.Cl. The third-order valence-electron chi connectivity index (χ3n) is 8.45. The average molecular weight is 511 g/mol. The van der Waals surface area contributed by atoms with Gasteiger partial charge in [-0.15, -0.1) is 12.4 Å². The lowest BCUT2D eigenvalue weighted by Gasteiger charge is -2.46. The molecular formula is C29H39ClN4O2. The van der Waals surface area contributed by atoms with E-state index in [2.05, 4.69) is 78.0 Å². The van der Waals surface area contributed by atoms with E-state index in [-0.39, 0.29) is 30.0 Å². The minimum atomic E-state index is 0. The Morgan fingerprint density at radius 1 is 1.06 bits per heavy atom. The van der Waals surface area contributed by atoms with Gasteiger partial charge < -0.3 is 19.9 Å². The molecule has 1 aliphatic carbocycles. The lowest BCUT2D eigenvalue weighted by Crippen LogP contribution is -2.52. The fourth-order valence-electron chi connectivity index (χ4n) is 6.23. The molecule has 2 amide bonds. The molecule has 2 aliphatic rings. The predicted molar refractivity (Wildman–Crippen MR) is 148 cm³/mol. The van der Waals surface area contributed by atoms with Gasteiger partial charge in [0.25, 0.3) is 0 Å². The van der Waals surface area contributed by atoms with Gasteiger partial charge in [-0.3, -0.25) is 4.90 Å². The Balaban J connectivity index is 0.00000304. The van der Waals surface area contributed by atoms with Gasteiger partial charge in [-0.25, -0.2) is 4.79 Å². The number of hydrogen-bond acceptors (Lipinski definition) is 3. The second kappa shape index (κ2) is 11.1. The molecule has 6 nitrogen and oxygen atoms in total. The number of aromatic amines is 1. The summed E-state index contributed by atoms with van der Waals surface area (Å²) in [6, 6.07) is 17.4. The summed E-state index contributed by atoms with van der Waals surface area (Å²) in [5.41, 5.74) is 3.92. The topological polar surface area (TPSA) is 60.6 Å². The predicted octanol–water partition coefficient (Wildman–Crippen LogP) is 5.89. The molecule has 2 fully saturated rings. The molecule has 2 heterocycles. The number of halogens is 1. The van der Waals surface area contributed by atoms with Gasteiger partial charge in [-0.2, -0.15) is 0 Å². The maximum Gasteiger partial charge on any atom is 0.317 e. The molecule has 0 unspecified atom stereocenters. The lowest BCUT2D eigenvalue weighted by atomic mass is 9.74. The molecule has 2 aromatic carbocycles. The Hall–Kier alpha value is -2.70. The zero-order valence-corrected chi connectivity index (χ0v) is 22.4. The zero-order valence-electron chi connectivity index (χ0n) is 21.6. The number of piperidine rings is 1. The number of benzene rings is 2. The Morgan fingerprint density at radius 2 is 1.75 bits per heavy atom. The van der Waals surface area contributed by atoms with Gasteiger partial charge in [-0.1, -0.05) is 30.3 Å². The highest BCUT2D eigenvalue weighted by atomic mass is 35.5. The van der Waals surface area contributed by atoms with Crippen molar-refractivity contribution in [2.75, 3.05) is 34.3 Å². The van der Waals surface area contributed by atoms with Crippen molar-refractivity contribution in [3.8, 4) is 5.75 Å². The maximum atomic E-state index is 13.1. The van der Waals surface area contributed by atoms with Crippen LogP contribution in [-0.4, -0.2) is 61.2 Å². The number of urea groups is 1. The van der Waals surface area contributed by atoms with Gasteiger partial charge in [0, 0.05) is 41.8 Å². The Morgan fingerprint density at radius 3 is 2.39 bits per heavy atom. The number of H-pyrrole nitrogens is 1. The highest BCUT2D eigenvalue weighted by molar-refractivity contribution is 5.85. The molecule has 1 aromatic heterocycles. The van der Waals surface area contributed by atoms with Gasteiger partial charge in [0.15, 0.2) is 0 Å². The number of fused-ring (bicyclic) bond motifs is 1. The fourth-order valence-corrected chi connectivity index (χ4v) is 6.23.